The van der Waals surface area contributed by atoms with E-state index in [9.17, 15) is 18.0 Å². The zero-order valence-electron chi connectivity index (χ0n) is 16.8. The number of hydrogen-bond acceptors (Lipinski definition) is 6. The number of carbonyl (C=O) groups is 2. The highest BCUT2D eigenvalue weighted by Crippen LogP contribution is 2.34. The fourth-order valence-electron chi connectivity index (χ4n) is 3.00. The molecule has 168 valence electrons. The van der Waals surface area contributed by atoms with Crippen LogP contribution in [0.5, 0.6) is 5.75 Å². The Morgan fingerprint density at radius 3 is 2.27 bits per heavy atom. The van der Waals surface area contributed by atoms with Crippen LogP contribution < -0.4 is 4.18 Å². The largest absolute Gasteiger partial charge is 0.379 e. The molecule has 0 atom stereocenters. The van der Waals surface area contributed by atoms with E-state index in [4.69, 9.17) is 27.4 Å². The molecule has 0 bridgehead atoms. The number of imide groups is 1. The second-order valence-electron chi connectivity index (χ2n) is 6.96. The number of benzene rings is 3. The van der Waals surface area contributed by atoms with E-state index in [1.54, 1.807) is 42.5 Å². The molecule has 0 aliphatic carbocycles. The maximum Gasteiger partial charge on any atom is 0.339 e. The van der Waals surface area contributed by atoms with Crippen molar-refractivity contribution in [3.8, 4) is 5.75 Å². The van der Waals surface area contributed by atoms with Crippen LogP contribution in [0.2, 0.25) is 10.0 Å². The summed E-state index contributed by atoms with van der Waals surface area (Å²) >= 11 is 12.6. The predicted octanol–water partition coefficient (Wildman–Crippen LogP) is 6.00. The van der Waals surface area contributed by atoms with Gasteiger partial charge in [-0.25, -0.2) is 0 Å². The third-order valence-electron chi connectivity index (χ3n) is 4.59. The highest BCUT2D eigenvalue weighted by Gasteiger charge is 2.35. The first-order valence-electron chi connectivity index (χ1n) is 9.51. The van der Waals surface area contributed by atoms with Crippen molar-refractivity contribution in [1.82, 2.24) is 4.90 Å². The summed E-state index contributed by atoms with van der Waals surface area (Å²) in [5.41, 5.74) is 1.36. The molecule has 0 spiro atoms. The topological polar surface area (TPSA) is 80.8 Å². The van der Waals surface area contributed by atoms with E-state index in [1.165, 1.54) is 36.4 Å². The van der Waals surface area contributed by atoms with Crippen molar-refractivity contribution in [2.75, 3.05) is 0 Å². The number of halogens is 2. The van der Waals surface area contributed by atoms with Gasteiger partial charge in [0.2, 0.25) is 0 Å². The Morgan fingerprint density at radius 1 is 0.909 bits per heavy atom. The van der Waals surface area contributed by atoms with Gasteiger partial charge in [0, 0.05) is 10.0 Å². The van der Waals surface area contributed by atoms with Gasteiger partial charge in [-0.1, -0.05) is 47.5 Å². The molecule has 0 aromatic heterocycles. The van der Waals surface area contributed by atoms with Crippen LogP contribution in [-0.4, -0.2) is 24.5 Å². The van der Waals surface area contributed by atoms with Crippen molar-refractivity contribution in [3.05, 3.63) is 98.9 Å². The number of rotatable bonds is 6. The standard InChI is InChI=1S/C23H15Cl2NO5S2/c24-17-6-10-20(11-7-17)33(29,30)31-19-8-4-15(5-9-19)13-21-22(27)26(23(28)32-21)14-16-2-1-3-18(25)12-16/h1-13H,14H2/b21-13-. The van der Waals surface area contributed by atoms with Crippen molar-refractivity contribution in [1.29, 1.82) is 0 Å². The molecule has 3 aromatic carbocycles. The van der Waals surface area contributed by atoms with Gasteiger partial charge in [0.15, 0.2) is 0 Å². The molecule has 0 unspecified atom stereocenters. The number of nitrogens with zero attached hydrogens (tertiary/aromatic N) is 1. The molecule has 0 radical (unpaired) electrons. The second kappa shape index (κ2) is 9.61. The van der Waals surface area contributed by atoms with Crippen LogP contribution in [0.25, 0.3) is 6.08 Å². The zero-order valence-corrected chi connectivity index (χ0v) is 19.9. The molecule has 1 saturated heterocycles. The number of amides is 2. The summed E-state index contributed by atoms with van der Waals surface area (Å²) in [4.78, 5) is 26.5. The second-order valence-corrected chi connectivity index (χ2v) is 10.4. The summed E-state index contributed by atoms with van der Waals surface area (Å²) in [6.07, 6.45) is 1.57. The van der Waals surface area contributed by atoms with Crippen molar-refractivity contribution < 1.29 is 22.2 Å². The summed E-state index contributed by atoms with van der Waals surface area (Å²) in [5, 5.41) is 0.561. The minimum atomic E-state index is -4.01. The third-order valence-corrected chi connectivity index (χ3v) is 7.25. The minimum Gasteiger partial charge on any atom is -0.379 e. The number of carbonyl (C=O) groups excluding carboxylic acids is 2. The molecule has 3 aromatic rings. The molecular formula is C23H15Cl2NO5S2. The van der Waals surface area contributed by atoms with Gasteiger partial charge in [-0.3, -0.25) is 14.5 Å². The molecule has 33 heavy (non-hydrogen) atoms. The Labute approximate surface area is 204 Å². The van der Waals surface area contributed by atoms with Gasteiger partial charge in [-0.2, -0.15) is 8.42 Å². The lowest BCUT2D eigenvalue weighted by Crippen LogP contribution is -2.27. The van der Waals surface area contributed by atoms with Gasteiger partial charge in [-0.05, 0) is 77.5 Å². The lowest BCUT2D eigenvalue weighted by molar-refractivity contribution is -0.123. The lowest BCUT2D eigenvalue weighted by Gasteiger charge is -2.12. The predicted molar refractivity (Wildman–Crippen MR) is 129 cm³/mol. The maximum absolute atomic E-state index is 12.7. The summed E-state index contributed by atoms with van der Waals surface area (Å²) in [7, 11) is -4.01. The van der Waals surface area contributed by atoms with Gasteiger partial charge in [-0.15, -0.1) is 0 Å². The first-order valence-corrected chi connectivity index (χ1v) is 12.5. The van der Waals surface area contributed by atoms with E-state index in [2.05, 4.69) is 0 Å². The molecular weight excluding hydrogens is 505 g/mol. The normalized spacial score (nSPS) is 15.3. The van der Waals surface area contributed by atoms with E-state index in [0.717, 1.165) is 22.2 Å². The average molecular weight is 520 g/mol. The van der Waals surface area contributed by atoms with E-state index in [1.807, 2.05) is 0 Å². The van der Waals surface area contributed by atoms with Crippen LogP contribution in [0.3, 0.4) is 0 Å². The molecule has 1 fully saturated rings. The fourth-order valence-corrected chi connectivity index (χ4v) is 5.11. The van der Waals surface area contributed by atoms with Crippen LogP contribution in [-0.2, 0) is 21.5 Å². The van der Waals surface area contributed by atoms with Crippen LogP contribution in [0.1, 0.15) is 11.1 Å². The molecule has 1 aliphatic rings. The maximum atomic E-state index is 12.7. The first kappa shape index (κ1) is 23.4. The summed E-state index contributed by atoms with van der Waals surface area (Å²) in [6, 6.07) is 18.7. The number of hydrogen-bond donors (Lipinski definition) is 0. The third kappa shape index (κ3) is 5.59. The van der Waals surface area contributed by atoms with E-state index < -0.39 is 16.0 Å². The summed E-state index contributed by atoms with van der Waals surface area (Å²) in [6.45, 7) is 0.123. The molecule has 0 saturated carbocycles. The highest BCUT2D eigenvalue weighted by atomic mass is 35.5. The fraction of sp³-hybridized carbons (Fsp3) is 0.0435. The Morgan fingerprint density at radius 2 is 1.61 bits per heavy atom. The van der Waals surface area contributed by atoms with E-state index in [0.29, 0.717) is 15.6 Å². The quantitative estimate of drug-likeness (QED) is 0.293. The Hall–Kier alpha value is -2.78. The van der Waals surface area contributed by atoms with Crippen LogP contribution >= 0.6 is 35.0 Å². The molecule has 1 heterocycles. The number of thioether (sulfide) groups is 1. The molecule has 4 rings (SSSR count). The Bertz CT molecular complexity index is 1350. The van der Waals surface area contributed by atoms with Gasteiger partial charge < -0.3 is 4.18 Å². The molecule has 1 aliphatic heterocycles. The Balaban J connectivity index is 1.47. The molecule has 10 heteroatoms. The van der Waals surface area contributed by atoms with Crippen molar-refractivity contribution in [2.45, 2.75) is 11.4 Å². The van der Waals surface area contributed by atoms with Gasteiger partial charge in [0.25, 0.3) is 11.1 Å². The summed E-state index contributed by atoms with van der Waals surface area (Å²) in [5.74, 6) is -0.299. The van der Waals surface area contributed by atoms with E-state index >= 15 is 0 Å². The molecule has 0 N–H and O–H groups in total. The molecule has 6 nitrogen and oxygen atoms in total. The van der Waals surface area contributed by atoms with Crippen molar-refractivity contribution >= 4 is 62.3 Å². The Kier molecular flexibility index (Phi) is 6.81. The van der Waals surface area contributed by atoms with Crippen LogP contribution in [0, 0.1) is 0 Å². The van der Waals surface area contributed by atoms with Gasteiger partial charge in [0.05, 0.1) is 11.4 Å². The van der Waals surface area contributed by atoms with E-state index in [-0.39, 0.29) is 27.3 Å². The monoisotopic (exact) mass is 519 g/mol. The van der Waals surface area contributed by atoms with Crippen LogP contribution in [0.15, 0.2) is 82.6 Å². The first-order chi connectivity index (χ1) is 15.7. The highest BCUT2D eigenvalue weighted by molar-refractivity contribution is 8.18. The SMILES string of the molecule is O=C1S/C(=C\c2ccc(OS(=O)(=O)c3ccc(Cl)cc3)cc2)C(=O)N1Cc1cccc(Cl)c1. The zero-order chi connectivity index (χ0) is 23.6. The molecule has 2 amide bonds. The summed E-state index contributed by atoms with van der Waals surface area (Å²) < 4.78 is 29.9. The average Bonchev–Trinajstić information content (AvgIpc) is 3.02. The lowest BCUT2D eigenvalue weighted by atomic mass is 10.2. The van der Waals surface area contributed by atoms with Crippen molar-refractivity contribution in [2.24, 2.45) is 0 Å². The van der Waals surface area contributed by atoms with Crippen molar-refractivity contribution in [3.63, 3.8) is 0 Å². The smallest absolute Gasteiger partial charge is 0.339 e. The van der Waals surface area contributed by atoms with Gasteiger partial charge in [0.1, 0.15) is 10.6 Å². The van der Waals surface area contributed by atoms with Crippen LogP contribution in [0.4, 0.5) is 4.79 Å². The minimum absolute atomic E-state index is 0.0237. The van der Waals surface area contributed by atoms with Gasteiger partial charge >= 0.3 is 10.1 Å².